The fourth-order valence-corrected chi connectivity index (χ4v) is 3.00. The average molecular weight is 325 g/mol. The quantitative estimate of drug-likeness (QED) is 0.640. The lowest BCUT2D eigenvalue weighted by atomic mass is 10.1. The van der Waals surface area contributed by atoms with Crippen LogP contribution >= 0.6 is 0 Å². The molecule has 6 nitrogen and oxygen atoms in total. The van der Waals surface area contributed by atoms with E-state index < -0.39 is 0 Å². The molecule has 1 aromatic carbocycles. The van der Waals surface area contributed by atoms with Crippen LogP contribution in [0.4, 0.5) is 17.5 Å². The normalized spacial score (nSPS) is 15.5. The third-order valence-corrected chi connectivity index (χ3v) is 4.29. The maximum absolute atomic E-state index is 11.5. The Morgan fingerprint density at radius 3 is 2.71 bits per heavy atom. The van der Waals surface area contributed by atoms with E-state index in [2.05, 4.69) is 25.8 Å². The highest BCUT2D eigenvalue weighted by molar-refractivity contribution is 5.95. The molecule has 1 saturated carbocycles. The first kappa shape index (κ1) is 16.4. The van der Waals surface area contributed by atoms with Crippen LogP contribution in [-0.4, -0.2) is 27.0 Å². The number of carbonyl (C=O) groups excluding carboxylic acids is 1. The first-order valence-electron chi connectivity index (χ1n) is 8.55. The Hall–Kier alpha value is -2.50. The molecule has 1 fully saturated rings. The number of Topliss-reactive ketones (excluding diaryl/α,β-unsaturated/α-hetero) is 1. The second kappa shape index (κ2) is 7.86. The Morgan fingerprint density at radius 1 is 1.17 bits per heavy atom. The SMILES string of the molecule is CC(=O)c1cccc(Nc2nncc(NC3CCCCCC3)n2)c1. The monoisotopic (exact) mass is 325 g/mol. The van der Waals surface area contributed by atoms with Crippen molar-refractivity contribution in [3.05, 3.63) is 36.0 Å². The summed E-state index contributed by atoms with van der Waals surface area (Å²) >= 11 is 0. The molecular weight excluding hydrogens is 302 g/mol. The van der Waals surface area contributed by atoms with Gasteiger partial charge in [-0.15, -0.1) is 5.10 Å². The molecule has 0 bridgehead atoms. The molecule has 0 amide bonds. The molecule has 1 aromatic heterocycles. The molecule has 2 N–H and O–H groups in total. The summed E-state index contributed by atoms with van der Waals surface area (Å²) in [7, 11) is 0. The summed E-state index contributed by atoms with van der Waals surface area (Å²) in [4.78, 5) is 16.0. The van der Waals surface area contributed by atoms with E-state index >= 15 is 0 Å². The molecule has 1 aliphatic rings. The van der Waals surface area contributed by atoms with E-state index in [9.17, 15) is 4.79 Å². The van der Waals surface area contributed by atoms with Crippen molar-refractivity contribution in [1.82, 2.24) is 15.2 Å². The number of ketones is 1. The highest BCUT2D eigenvalue weighted by Gasteiger charge is 2.13. The molecule has 24 heavy (non-hydrogen) atoms. The van der Waals surface area contributed by atoms with Crippen molar-refractivity contribution in [3.8, 4) is 0 Å². The molecule has 1 heterocycles. The highest BCUT2D eigenvalue weighted by atomic mass is 16.1. The van der Waals surface area contributed by atoms with Crippen LogP contribution in [0.25, 0.3) is 0 Å². The molecule has 0 saturated heterocycles. The summed E-state index contributed by atoms with van der Waals surface area (Å²) in [5.41, 5.74) is 1.43. The van der Waals surface area contributed by atoms with Gasteiger partial charge >= 0.3 is 0 Å². The van der Waals surface area contributed by atoms with Gasteiger partial charge in [-0.05, 0) is 31.9 Å². The molecule has 1 aliphatic carbocycles. The summed E-state index contributed by atoms with van der Waals surface area (Å²) in [5, 5.41) is 14.6. The molecule has 0 spiro atoms. The molecule has 3 rings (SSSR count). The lowest BCUT2D eigenvalue weighted by Crippen LogP contribution is -2.19. The third-order valence-electron chi connectivity index (χ3n) is 4.29. The van der Waals surface area contributed by atoms with Crippen LogP contribution in [0.1, 0.15) is 55.8 Å². The second-order valence-electron chi connectivity index (χ2n) is 6.26. The maximum atomic E-state index is 11.5. The zero-order chi connectivity index (χ0) is 16.8. The van der Waals surface area contributed by atoms with Gasteiger partial charge in [0.2, 0.25) is 5.95 Å². The Balaban J connectivity index is 1.68. The van der Waals surface area contributed by atoms with E-state index in [4.69, 9.17) is 0 Å². The van der Waals surface area contributed by atoms with Crippen LogP contribution in [0.2, 0.25) is 0 Å². The summed E-state index contributed by atoms with van der Waals surface area (Å²) in [5.74, 6) is 1.19. The summed E-state index contributed by atoms with van der Waals surface area (Å²) in [6, 6.07) is 7.74. The Kier molecular flexibility index (Phi) is 5.36. The van der Waals surface area contributed by atoms with Crippen molar-refractivity contribution >= 4 is 23.2 Å². The van der Waals surface area contributed by atoms with Crippen LogP contribution in [-0.2, 0) is 0 Å². The van der Waals surface area contributed by atoms with Gasteiger partial charge < -0.3 is 10.6 Å². The van der Waals surface area contributed by atoms with Crippen LogP contribution in [0.15, 0.2) is 30.5 Å². The summed E-state index contributed by atoms with van der Waals surface area (Å²) in [6.07, 6.45) is 9.17. The zero-order valence-electron chi connectivity index (χ0n) is 14.0. The van der Waals surface area contributed by atoms with Gasteiger partial charge in [-0.3, -0.25) is 4.79 Å². The Labute approximate surface area is 142 Å². The Bertz CT molecular complexity index is 695. The first-order chi connectivity index (χ1) is 11.7. The van der Waals surface area contributed by atoms with Crippen LogP contribution in [0.5, 0.6) is 0 Å². The van der Waals surface area contributed by atoms with E-state index in [1.807, 2.05) is 12.1 Å². The number of carbonyl (C=O) groups is 1. The number of rotatable bonds is 5. The number of hydrogen-bond acceptors (Lipinski definition) is 6. The average Bonchev–Trinajstić information content (AvgIpc) is 2.84. The van der Waals surface area contributed by atoms with Gasteiger partial charge in [0.15, 0.2) is 11.6 Å². The number of aromatic nitrogens is 3. The van der Waals surface area contributed by atoms with Gasteiger partial charge in [0, 0.05) is 17.3 Å². The minimum absolute atomic E-state index is 0.0291. The molecule has 2 aromatic rings. The second-order valence-corrected chi connectivity index (χ2v) is 6.26. The van der Waals surface area contributed by atoms with Gasteiger partial charge in [0.25, 0.3) is 0 Å². The molecule has 0 radical (unpaired) electrons. The van der Waals surface area contributed by atoms with Crippen LogP contribution < -0.4 is 10.6 Å². The van der Waals surface area contributed by atoms with Gasteiger partial charge in [-0.25, -0.2) is 0 Å². The molecule has 0 unspecified atom stereocenters. The Morgan fingerprint density at radius 2 is 1.96 bits per heavy atom. The standard InChI is InChI=1S/C18H23N5O/c1-13(24)14-7-6-10-16(11-14)21-18-22-17(12-19-23-18)20-15-8-4-2-3-5-9-15/h6-7,10-12,15H,2-5,8-9H2,1H3,(H2,20,21,22,23). The minimum atomic E-state index is 0.0291. The van der Waals surface area contributed by atoms with E-state index in [0.717, 1.165) is 11.5 Å². The minimum Gasteiger partial charge on any atom is -0.366 e. The lowest BCUT2D eigenvalue weighted by Gasteiger charge is -2.16. The lowest BCUT2D eigenvalue weighted by molar-refractivity contribution is 0.101. The van der Waals surface area contributed by atoms with E-state index in [-0.39, 0.29) is 5.78 Å². The maximum Gasteiger partial charge on any atom is 0.249 e. The zero-order valence-corrected chi connectivity index (χ0v) is 14.0. The topological polar surface area (TPSA) is 79.8 Å². The highest BCUT2D eigenvalue weighted by Crippen LogP contribution is 2.21. The summed E-state index contributed by atoms with van der Waals surface area (Å²) < 4.78 is 0. The molecule has 6 heteroatoms. The van der Waals surface area contributed by atoms with Crippen LogP contribution in [0.3, 0.4) is 0 Å². The predicted molar refractivity (Wildman–Crippen MR) is 94.7 cm³/mol. The van der Waals surface area contributed by atoms with E-state index in [1.54, 1.807) is 25.3 Å². The molecular formula is C18H23N5O. The largest absolute Gasteiger partial charge is 0.366 e. The number of nitrogens with zero attached hydrogens (tertiary/aromatic N) is 3. The van der Waals surface area contributed by atoms with E-state index in [0.29, 0.717) is 17.6 Å². The fraction of sp³-hybridized carbons (Fsp3) is 0.444. The van der Waals surface area contributed by atoms with Gasteiger partial charge in [0.1, 0.15) is 0 Å². The van der Waals surface area contributed by atoms with Crippen molar-refractivity contribution in [2.75, 3.05) is 10.6 Å². The third kappa shape index (κ3) is 4.50. The number of hydrogen-bond donors (Lipinski definition) is 2. The first-order valence-corrected chi connectivity index (χ1v) is 8.55. The molecule has 0 aliphatic heterocycles. The van der Waals surface area contributed by atoms with Gasteiger partial charge in [-0.2, -0.15) is 10.1 Å². The number of anilines is 3. The van der Waals surface area contributed by atoms with Crippen molar-refractivity contribution in [2.24, 2.45) is 0 Å². The van der Waals surface area contributed by atoms with Gasteiger partial charge in [0.05, 0.1) is 6.20 Å². The number of nitrogens with one attached hydrogen (secondary N) is 2. The smallest absolute Gasteiger partial charge is 0.249 e. The van der Waals surface area contributed by atoms with Crippen molar-refractivity contribution in [2.45, 2.75) is 51.5 Å². The van der Waals surface area contributed by atoms with Crippen LogP contribution in [0, 0.1) is 0 Å². The predicted octanol–water partition coefficient (Wildman–Crippen LogP) is 3.95. The van der Waals surface area contributed by atoms with Gasteiger partial charge in [-0.1, -0.05) is 37.8 Å². The molecule has 126 valence electrons. The number of benzene rings is 1. The summed E-state index contributed by atoms with van der Waals surface area (Å²) in [6.45, 7) is 1.55. The van der Waals surface area contributed by atoms with Crippen molar-refractivity contribution in [3.63, 3.8) is 0 Å². The fourth-order valence-electron chi connectivity index (χ4n) is 3.00. The van der Waals surface area contributed by atoms with E-state index in [1.165, 1.54) is 38.5 Å². The molecule has 0 atom stereocenters. The van der Waals surface area contributed by atoms with Crippen molar-refractivity contribution in [1.29, 1.82) is 0 Å². The van der Waals surface area contributed by atoms with Crippen molar-refractivity contribution < 1.29 is 4.79 Å².